The Kier molecular flexibility index (Phi) is 4.77. The fourth-order valence-electron chi connectivity index (χ4n) is 6.05. The number of aryl methyl sites for hydroxylation is 1. The van der Waals surface area contributed by atoms with E-state index in [2.05, 4.69) is 139 Å². The maximum Gasteiger partial charge on any atom is 0.143 e. The second kappa shape index (κ2) is 8.47. The Bertz CT molecular complexity index is 2140. The highest BCUT2D eigenvalue weighted by Crippen LogP contribution is 2.40. The van der Waals surface area contributed by atoms with Crippen molar-refractivity contribution in [1.82, 2.24) is 4.57 Å². The van der Waals surface area contributed by atoms with Crippen molar-refractivity contribution < 1.29 is 4.42 Å². The van der Waals surface area contributed by atoms with Gasteiger partial charge in [0.2, 0.25) is 0 Å². The van der Waals surface area contributed by atoms with Crippen LogP contribution in [0.2, 0.25) is 0 Å². The van der Waals surface area contributed by atoms with Crippen molar-refractivity contribution in [3.8, 4) is 27.9 Å². The van der Waals surface area contributed by atoms with Crippen LogP contribution in [0.4, 0.5) is 0 Å². The molecule has 0 aliphatic heterocycles. The number of furan rings is 1. The van der Waals surface area contributed by atoms with Gasteiger partial charge < -0.3 is 8.98 Å². The first-order chi connectivity index (χ1) is 19.2. The van der Waals surface area contributed by atoms with Gasteiger partial charge in [-0.3, -0.25) is 0 Å². The second-order valence-electron chi connectivity index (χ2n) is 10.3. The van der Waals surface area contributed by atoms with Gasteiger partial charge in [0.1, 0.15) is 11.2 Å². The number of benzene rings is 6. The Morgan fingerprint density at radius 1 is 0.487 bits per heavy atom. The molecule has 0 spiro atoms. The molecule has 0 atom stereocenters. The smallest absolute Gasteiger partial charge is 0.143 e. The number of hydrogen-bond acceptors (Lipinski definition) is 1. The normalized spacial score (nSPS) is 11.7. The summed E-state index contributed by atoms with van der Waals surface area (Å²) in [6.07, 6.45) is 0. The van der Waals surface area contributed by atoms with Crippen LogP contribution in [0.25, 0.3) is 71.7 Å². The monoisotopic (exact) mass is 499 g/mol. The highest BCUT2D eigenvalue weighted by molar-refractivity contribution is 6.12. The number of para-hydroxylation sites is 3. The third-order valence-electron chi connectivity index (χ3n) is 7.83. The van der Waals surface area contributed by atoms with Gasteiger partial charge in [-0.2, -0.15) is 0 Å². The highest BCUT2D eigenvalue weighted by Gasteiger charge is 2.17. The lowest BCUT2D eigenvalue weighted by molar-refractivity contribution is 0.670. The Morgan fingerprint density at radius 2 is 1.15 bits per heavy atom. The quantitative estimate of drug-likeness (QED) is 0.236. The molecular formula is C37H25NO. The first-order valence-corrected chi connectivity index (χ1v) is 13.4. The third kappa shape index (κ3) is 3.42. The minimum absolute atomic E-state index is 0.911. The first kappa shape index (κ1) is 22.0. The zero-order valence-corrected chi connectivity index (χ0v) is 21.6. The summed E-state index contributed by atoms with van der Waals surface area (Å²) in [5, 5.41) is 4.81. The second-order valence-corrected chi connectivity index (χ2v) is 10.3. The molecule has 2 heteroatoms. The van der Waals surface area contributed by atoms with Crippen LogP contribution >= 0.6 is 0 Å². The van der Waals surface area contributed by atoms with Crippen molar-refractivity contribution in [2.45, 2.75) is 6.92 Å². The zero-order chi connectivity index (χ0) is 25.9. The summed E-state index contributed by atoms with van der Waals surface area (Å²) < 4.78 is 8.89. The lowest BCUT2D eigenvalue weighted by Gasteiger charge is -2.12. The highest BCUT2D eigenvalue weighted by atomic mass is 16.3. The van der Waals surface area contributed by atoms with E-state index in [0.717, 1.165) is 38.8 Å². The molecule has 184 valence electrons. The summed E-state index contributed by atoms with van der Waals surface area (Å²) >= 11 is 0. The van der Waals surface area contributed by atoms with Crippen LogP contribution in [0.1, 0.15) is 5.56 Å². The van der Waals surface area contributed by atoms with Crippen LogP contribution in [0.15, 0.2) is 138 Å². The maximum atomic E-state index is 6.52. The van der Waals surface area contributed by atoms with Gasteiger partial charge >= 0.3 is 0 Å². The van der Waals surface area contributed by atoms with Gasteiger partial charge in [-0.1, -0.05) is 96.6 Å². The van der Waals surface area contributed by atoms with E-state index in [1.807, 2.05) is 6.07 Å². The average molecular weight is 500 g/mol. The van der Waals surface area contributed by atoms with E-state index in [9.17, 15) is 0 Å². The molecule has 8 rings (SSSR count). The van der Waals surface area contributed by atoms with Gasteiger partial charge in [0.25, 0.3) is 0 Å². The van der Waals surface area contributed by atoms with Gasteiger partial charge in [0, 0.05) is 32.8 Å². The Hall–Kier alpha value is -5.08. The first-order valence-electron chi connectivity index (χ1n) is 13.4. The number of hydrogen-bond donors (Lipinski definition) is 0. The molecular weight excluding hydrogens is 474 g/mol. The van der Waals surface area contributed by atoms with E-state index in [-0.39, 0.29) is 0 Å². The molecule has 0 unspecified atom stereocenters. The van der Waals surface area contributed by atoms with Crippen molar-refractivity contribution in [2.75, 3.05) is 0 Å². The molecule has 0 N–H and O–H groups in total. The van der Waals surface area contributed by atoms with E-state index >= 15 is 0 Å². The topological polar surface area (TPSA) is 18.1 Å². The number of nitrogens with zero attached hydrogens (tertiary/aromatic N) is 1. The molecule has 8 aromatic rings. The van der Waals surface area contributed by atoms with Crippen molar-refractivity contribution in [1.29, 1.82) is 0 Å². The molecule has 6 aromatic carbocycles. The number of fused-ring (bicyclic) bond motifs is 6. The lowest BCUT2D eigenvalue weighted by Crippen LogP contribution is -1.94. The Balaban J connectivity index is 1.41. The fraction of sp³-hybridized carbons (Fsp3) is 0.0270. The van der Waals surface area contributed by atoms with E-state index < -0.39 is 0 Å². The van der Waals surface area contributed by atoms with Crippen LogP contribution in [-0.2, 0) is 0 Å². The van der Waals surface area contributed by atoms with Gasteiger partial charge in [-0.25, -0.2) is 0 Å². The molecule has 0 fully saturated rings. The van der Waals surface area contributed by atoms with Crippen molar-refractivity contribution >= 4 is 43.7 Å². The minimum Gasteiger partial charge on any atom is -0.455 e. The van der Waals surface area contributed by atoms with Crippen molar-refractivity contribution in [3.63, 3.8) is 0 Å². The molecule has 2 heterocycles. The predicted octanol–water partition coefficient (Wildman–Crippen LogP) is 10.3. The summed E-state index contributed by atoms with van der Waals surface area (Å²) in [7, 11) is 0. The summed E-state index contributed by atoms with van der Waals surface area (Å²) in [5.41, 5.74) is 11.3. The molecule has 39 heavy (non-hydrogen) atoms. The zero-order valence-electron chi connectivity index (χ0n) is 21.6. The van der Waals surface area contributed by atoms with Gasteiger partial charge in [0.05, 0.1) is 11.0 Å². The molecule has 2 aromatic heterocycles. The molecule has 0 saturated carbocycles. The molecule has 0 radical (unpaired) electrons. The summed E-state index contributed by atoms with van der Waals surface area (Å²) in [6, 6.07) is 47.7. The van der Waals surface area contributed by atoms with Crippen molar-refractivity contribution in [2.24, 2.45) is 0 Å². The summed E-state index contributed by atoms with van der Waals surface area (Å²) in [6.45, 7) is 2.14. The molecule has 0 aliphatic rings. The van der Waals surface area contributed by atoms with Crippen LogP contribution < -0.4 is 0 Å². The standard InChI is InChI=1S/C37H25NO/c1-24-10-8-11-25(20-24)27-22-32(37-33(23-27)31-16-4-7-19-36(31)39-37)26-12-9-13-28(21-26)38-34-17-5-2-14-29(34)30-15-3-6-18-35(30)38/h2-23H,1H3. The van der Waals surface area contributed by atoms with Crippen LogP contribution in [0, 0.1) is 6.92 Å². The van der Waals surface area contributed by atoms with Crippen LogP contribution in [0.3, 0.4) is 0 Å². The summed E-state index contributed by atoms with van der Waals surface area (Å²) in [5.74, 6) is 0. The fourth-order valence-corrected chi connectivity index (χ4v) is 6.05. The van der Waals surface area contributed by atoms with E-state index in [1.165, 1.54) is 38.5 Å². The number of rotatable bonds is 3. The number of aromatic nitrogens is 1. The van der Waals surface area contributed by atoms with Crippen LogP contribution in [0.5, 0.6) is 0 Å². The van der Waals surface area contributed by atoms with Crippen molar-refractivity contribution in [3.05, 3.63) is 139 Å². The van der Waals surface area contributed by atoms with E-state index in [4.69, 9.17) is 4.42 Å². The predicted molar refractivity (Wildman–Crippen MR) is 164 cm³/mol. The Labute approximate surface area is 226 Å². The largest absolute Gasteiger partial charge is 0.455 e. The molecule has 0 saturated heterocycles. The molecule has 0 aliphatic carbocycles. The molecule has 0 amide bonds. The third-order valence-corrected chi connectivity index (χ3v) is 7.83. The summed E-state index contributed by atoms with van der Waals surface area (Å²) in [4.78, 5) is 0. The average Bonchev–Trinajstić information content (AvgIpc) is 3.53. The minimum atomic E-state index is 0.911. The van der Waals surface area contributed by atoms with Gasteiger partial charge in [-0.05, 0) is 66.1 Å². The lowest BCUT2D eigenvalue weighted by atomic mass is 9.95. The molecule has 2 nitrogen and oxygen atoms in total. The molecule has 0 bridgehead atoms. The van der Waals surface area contributed by atoms with E-state index in [0.29, 0.717) is 0 Å². The van der Waals surface area contributed by atoms with E-state index in [1.54, 1.807) is 0 Å². The SMILES string of the molecule is Cc1cccc(-c2cc(-c3cccc(-n4c5ccccc5c5ccccc54)c3)c3oc4ccccc4c3c2)c1. The Morgan fingerprint density at radius 3 is 1.92 bits per heavy atom. The van der Waals surface area contributed by atoms with Gasteiger partial charge in [-0.15, -0.1) is 0 Å². The van der Waals surface area contributed by atoms with Crippen LogP contribution in [-0.4, -0.2) is 4.57 Å². The maximum absolute atomic E-state index is 6.52. The van der Waals surface area contributed by atoms with Gasteiger partial charge in [0.15, 0.2) is 0 Å².